The Morgan fingerprint density at radius 1 is 1.21 bits per heavy atom. The van der Waals surface area contributed by atoms with Crippen LogP contribution in [0.15, 0.2) is 30.3 Å². The van der Waals surface area contributed by atoms with Gasteiger partial charge in [-0.25, -0.2) is 13.4 Å². The standard InChI is InChI=1S/C18H23N3O2S/c1-12-13(2)20-18(19-12)16-9-6-10-21(16)24(22,23)17-11-15(17)14-7-4-3-5-8-14/h3-5,7-8,15-17H,6,9-11H2,1-2H3,(H,19,20)/t15-,16?,17+/m1/s1. The molecule has 0 spiro atoms. The van der Waals surface area contributed by atoms with Crippen LogP contribution in [-0.2, 0) is 10.0 Å². The predicted molar refractivity (Wildman–Crippen MR) is 93.3 cm³/mol. The lowest BCUT2D eigenvalue weighted by Gasteiger charge is -2.23. The molecule has 2 aliphatic rings. The highest BCUT2D eigenvalue weighted by molar-refractivity contribution is 7.90. The van der Waals surface area contributed by atoms with Crippen LogP contribution < -0.4 is 0 Å². The zero-order valence-corrected chi connectivity index (χ0v) is 14.9. The zero-order chi connectivity index (χ0) is 16.9. The fraction of sp³-hybridized carbons (Fsp3) is 0.500. The third-order valence-electron chi connectivity index (χ3n) is 5.33. The molecule has 4 rings (SSSR count). The molecule has 1 N–H and O–H groups in total. The molecule has 1 aromatic carbocycles. The summed E-state index contributed by atoms with van der Waals surface area (Å²) < 4.78 is 28.0. The van der Waals surface area contributed by atoms with Crippen molar-refractivity contribution in [2.75, 3.05) is 6.54 Å². The van der Waals surface area contributed by atoms with Gasteiger partial charge in [-0.2, -0.15) is 4.31 Å². The van der Waals surface area contributed by atoms with Gasteiger partial charge in [0, 0.05) is 18.2 Å². The predicted octanol–water partition coefficient (Wildman–Crippen LogP) is 3.05. The number of nitrogens with zero attached hydrogens (tertiary/aromatic N) is 2. The van der Waals surface area contributed by atoms with E-state index in [4.69, 9.17) is 0 Å². The number of aromatic nitrogens is 2. The molecule has 1 aromatic heterocycles. The monoisotopic (exact) mass is 345 g/mol. The largest absolute Gasteiger partial charge is 0.345 e. The molecule has 1 saturated heterocycles. The van der Waals surface area contributed by atoms with Gasteiger partial charge in [0.25, 0.3) is 0 Å². The normalized spacial score (nSPS) is 27.5. The first-order chi connectivity index (χ1) is 11.5. The maximum Gasteiger partial charge on any atom is 0.218 e. The molecular weight excluding hydrogens is 322 g/mol. The number of imidazole rings is 1. The highest BCUT2D eigenvalue weighted by Gasteiger charge is 2.52. The summed E-state index contributed by atoms with van der Waals surface area (Å²) in [4.78, 5) is 7.82. The second kappa shape index (κ2) is 5.70. The van der Waals surface area contributed by atoms with Crippen molar-refractivity contribution in [3.8, 4) is 0 Å². The van der Waals surface area contributed by atoms with E-state index in [0.29, 0.717) is 6.54 Å². The average molecular weight is 345 g/mol. The van der Waals surface area contributed by atoms with Gasteiger partial charge in [0.05, 0.1) is 17.0 Å². The zero-order valence-electron chi connectivity index (χ0n) is 14.1. The number of hydrogen-bond acceptors (Lipinski definition) is 3. The van der Waals surface area contributed by atoms with Gasteiger partial charge in [-0.1, -0.05) is 30.3 Å². The quantitative estimate of drug-likeness (QED) is 0.926. The maximum absolute atomic E-state index is 13.1. The molecule has 2 fully saturated rings. The van der Waals surface area contributed by atoms with Crippen molar-refractivity contribution in [1.29, 1.82) is 0 Å². The molecule has 2 heterocycles. The molecule has 0 amide bonds. The van der Waals surface area contributed by atoms with Crippen LogP contribution in [0.2, 0.25) is 0 Å². The van der Waals surface area contributed by atoms with E-state index in [9.17, 15) is 8.42 Å². The van der Waals surface area contributed by atoms with Crippen LogP contribution in [0.3, 0.4) is 0 Å². The number of rotatable bonds is 4. The van der Waals surface area contributed by atoms with Crippen molar-refractivity contribution in [3.05, 3.63) is 53.1 Å². The van der Waals surface area contributed by atoms with Crippen LogP contribution in [0.25, 0.3) is 0 Å². The van der Waals surface area contributed by atoms with Gasteiger partial charge in [-0.15, -0.1) is 0 Å². The molecule has 0 bridgehead atoms. The summed E-state index contributed by atoms with van der Waals surface area (Å²) in [6.45, 7) is 4.53. The third kappa shape index (κ3) is 2.58. The van der Waals surface area contributed by atoms with E-state index < -0.39 is 10.0 Å². The minimum absolute atomic E-state index is 0.137. The van der Waals surface area contributed by atoms with Gasteiger partial charge in [0.1, 0.15) is 5.82 Å². The lowest BCUT2D eigenvalue weighted by Crippen LogP contribution is -2.34. The van der Waals surface area contributed by atoms with Crippen molar-refractivity contribution in [2.24, 2.45) is 0 Å². The van der Waals surface area contributed by atoms with Crippen LogP contribution in [0.5, 0.6) is 0 Å². The van der Waals surface area contributed by atoms with Crippen molar-refractivity contribution in [3.63, 3.8) is 0 Å². The highest BCUT2D eigenvalue weighted by atomic mass is 32.2. The summed E-state index contributed by atoms with van der Waals surface area (Å²) in [5.41, 5.74) is 3.09. The number of nitrogens with one attached hydrogen (secondary N) is 1. The summed E-state index contributed by atoms with van der Waals surface area (Å²) in [6, 6.07) is 9.84. The first kappa shape index (κ1) is 15.8. The first-order valence-corrected chi connectivity index (χ1v) is 10.1. The SMILES string of the molecule is Cc1nc(C2CCCN2S(=O)(=O)[C@H]2C[C@@H]2c2ccccc2)[nH]c1C. The third-order valence-corrected chi connectivity index (χ3v) is 7.71. The average Bonchev–Trinajstić information content (AvgIpc) is 3.11. The molecule has 5 nitrogen and oxygen atoms in total. The number of aryl methyl sites for hydroxylation is 2. The molecule has 6 heteroatoms. The smallest absolute Gasteiger partial charge is 0.218 e. The van der Waals surface area contributed by atoms with Crippen LogP contribution in [-0.4, -0.2) is 34.5 Å². The number of aromatic amines is 1. The Balaban J connectivity index is 1.58. The highest BCUT2D eigenvalue weighted by Crippen LogP contribution is 2.49. The van der Waals surface area contributed by atoms with Gasteiger partial charge in [-0.05, 0) is 38.7 Å². The van der Waals surface area contributed by atoms with E-state index in [1.165, 1.54) is 0 Å². The topological polar surface area (TPSA) is 66.1 Å². The fourth-order valence-electron chi connectivity index (χ4n) is 3.78. The van der Waals surface area contributed by atoms with Crippen molar-refractivity contribution in [1.82, 2.24) is 14.3 Å². The number of benzene rings is 1. The molecule has 0 radical (unpaired) electrons. The molecular formula is C18H23N3O2S. The van der Waals surface area contributed by atoms with Crippen LogP contribution in [0.4, 0.5) is 0 Å². The molecule has 3 atom stereocenters. The van der Waals surface area contributed by atoms with E-state index in [1.54, 1.807) is 4.31 Å². The van der Waals surface area contributed by atoms with E-state index in [0.717, 1.165) is 42.0 Å². The van der Waals surface area contributed by atoms with Crippen LogP contribution >= 0.6 is 0 Å². The summed E-state index contributed by atoms with van der Waals surface area (Å²) >= 11 is 0. The maximum atomic E-state index is 13.1. The van der Waals surface area contributed by atoms with E-state index >= 15 is 0 Å². The second-order valence-corrected chi connectivity index (χ2v) is 9.04. The van der Waals surface area contributed by atoms with Crippen molar-refractivity contribution < 1.29 is 8.42 Å². The Kier molecular flexibility index (Phi) is 3.77. The summed E-state index contributed by atoms with van der Waals surface area (Å²) in [5, 5.41) is -0.280. The molecule has 1 aliphatic carbocycles. The van der Waals surface area contributed by atoms with Crippen molar-refractivity contribution >= 4 is 10.0 Å². The Morgan fingerprint density at radius 3 is 2.62 bits per heavy atom. The number of hydrogen-bond donors (Lipinski definition) is 1. The molecule has 1 saturated carbocycles. The van der Waals surface area contributed by atoms with Gasteiger partial charge >= 0.3 is 0 Å². The van der Waals surface area contributed by atoms with Gasteiger partial charge in [0.2, 0.25) is 10.0 Å². The summed E-state index contributed by atoms with van der Waals surface area (Å²) in [7, 11) is -3.29. The number of H-pyrrole nitrogens is 1. The Labute approximate surface area is 143 Å². The molecule has 2 aromatic rings. The van der Waals surface area contributed by atoms with E-state index in [2.05, 4.69) is 9.97 Å². The van der Waals surface area contributed by atoms with Gasteiger partial charge in [-0.3, -0.25) is 0 Å². The van der Waals surface area contributed by atoms with Gasteiger partial charge < -0.3 is 4.98 Å². The molecule has 1 unspecified atom stereocenters. The summed E-state index contributed by atoms with van der Waals surface area (Å²) in [5.74, 6) is 0.931. The van der Waals surface area contributed by atoms with Crippen LogP contribution in [0, 0.1) is 13.8 Å². The molecule has 24 heavy (non-hydrogen) atoms. The Hall–Kier alpha value is -1.66. The fourth-order valence-corrected chi connectivity index (χ4v) is 6.09. The van der Waals surface area contributed by atoms with E-state index in [-0.39, 0.29) is 17.2 Å². The van der Waals surface area contributed by atoms with Gasteiger partial charge in [0.15, 0.2) is 0 Å². The lowest BCUT2D eigenvalue weighted by molar-refractivity contribution is 0.383. The minimum Gasteiger partial charge on any atom is -0.345 e. The molecule has 1 aliphatic heterocycles. The van der Waals surface area contributed by atoms with Crippen molar-refractivity contribution in [2.45, 2.75) is 50.3 Å². The Morgan fingerprint density at radius 2 is 1.96 bits per heavy atom. The lowest BCUT2D eigenvalue weighted by atomic mass is 10.1. The first-order valence-electron chi connectivity index (χ1n) is 8.57. The molecule has 128 valence electrons. The number of sulfonamides is 1. The van der Waals surface area contributed by atoms with E-state index in [1.807, 2.05) is 44.2 Å². The second-order valence-electron chi connectivity index (χ2n) is 6.94. The Bertz CT molecular complexity index is 825. The minimum atomic E-state index is -3.29. The van der Waals surface area contributed by atoms with Crippen LogP contribution in [0.1, 0.15) is 54.0 Å². The summed E-state index contributed by atoms with van der Waals surface area (Å²) in [6.07, 6.45) is 2.46.